The first kappa shape index (κ1) is 81.4. The van der Waals surface area contributed by atoms with Gasteiger partial charge in [-0.3, -0.25) is 14.7 Å². The highest BCUT2D eigenvalue weighted by atomic mass is 79.9. The topological polar surface area (TPSA) is 228 Å². The summed E-state index contributed by atoms with van der Waals surface area (Å²) < 4.78 is 45.0. The maximum atomic E-state index is 11.5. The molecule has 12 aromatic rings. The maximum Gasteiger partial charge on any atom is 0.310 e. The van der Waals surface area contributed by atoms with Gasteiger partial charge in [0.15, 0.2) is 31.1 Å². The number of H-pyrrole nitrogens is 1. The molecule has 11 heterocycles. The molecule has 5 saturated heterocycles. The van der Waals surface area contributed by atoms with Gasteiger partial charge in [0.25, 0.3) is 0 Å². The molecule has 0 bridgehead atoms. The highest BCUT2D eigenvalue weighted by Crippen LogP contribution is 2.37. The number of ether oxygens (including phenoxy) is 6. The van der Waals surface area contributed by atoms with Crippen molar-refractivity contribution in [3.63, 3.8) is 0 Å². The van der Waals surface area contributed by atoms with Crippen molar-refractivity contribution in [1.82, 2.24) is 59.1 Å². The van der Waals surface area contributed by atoms with Crippen LogP contribution in [-0.2, 0) is 50.9 Å². The Morgan fingerprint density at radius 1 is 0.477 bits per heavy atom. The lowest BCUT2D eigenvalue weighted by atomic mass is 10.1. The number of esters is 1. The molecule has 5 atom stereocenters. The van der Waals surface area contributed by atoms with E-state index in [-0.39, 0.29) is 50.0 Å². The first-order valence-corrected chi connectivity index (χ1v) is 43.6. The van der Waals surface area contributed by atoms with Crippen LogP contribution >= 0.6 is 101 Å². The Morgan fingerprint density at radius 3 is 1.20 bits per heavy atom. The minimum Gasteiger partial charge on any atom is -0.481 e. The van der Waals surface area contributed by atoms with Gasteiger partial charge in [0.1, 0.15) is 8.07 Å². The number of methoxy groups -OCH3 is 1. The van der Waals surface area contributed by atoms with Gasteiger partial charge in [-0.15, -0.1) is 12.0 Å². The zero-order valence-corrected chi connectivity index (χ0v) is 69.3. The Hall–Kier alpha value is -7.08. The van der Waals surface area contributed by atoms with Crippen molar-refractivity contribution in [3.05, 3.63) is 171 Å². The molecule has 0 spiro atoms. The van der Waals surface area contributed by atoms with Crippen LogP contribution < -0.4 is 0 Å². The van der Waals surface area contributed by atoms with Gasteiger partial charge >= 0.3 is 11.9 Å². The Bertz CT molecular complexity index is 5300. The number of hydrogen-bond acceptors (Lipinski definition) is 14. The second-order valence-corrected chi connectivity index (χ2v) is 36.9. The van der Waals surface area contributed by atoms with Crippen LogP contribution in [0.15, 0.2) is 119 Å². The van der Waals surface area contributed by atoms with E-state index in [1.54, 1.807) is 43.0 Å². The van der Waals surface area contributed by atoms with E-state index in [0.717, 1.165) is 208 Å². The van der Waals surface area contributed by atoms with E-state index >= 15 is 0 Å². The molecule has 6 aromatic carbocycles. The van der Waals surface area contributed by atoms with Gasteiger partial charge in [0.05, 0.1) is 90.2 Å². The van der Waals surface area contributed by atoms with Gasteiger partial charge in [-0.25, -0.2) is 23.4 Å². The first-order chi connectivity index (χ1) is 52.6. The second kappa shape index (κ2) is 38.0. The summed E-state index contributed by atoms with van der Waals surface area (Å²) in [6.07, 6.45) is 32.4. The average Bonchev–Trinajstić information content (AvgIpc) is 1.71. The monoisotopic (exact) mass is 1740 g/mol. The van der Waals surface area contributed by atoms with Gasteiger partial charge < -0.3 is 33.5 Å². The number of hydrogen-bond donors (Lipinski definition) is 2. The summed E-state index contributed by atoms with van der Waals surface area (Å²) in [4.78, 5) is 22.5. The number of carboxylic acid groups (broad SMARTS) is 1. The Kier molecular flexibility index (Phi) is 28.3. The number of benzene rings is 6. The van der Waals surface area contributed by atoms with Crippen molar-refractivity contribution in [3.8, 4) is 23.8 Å². The van der Waals surface area contributed by atoms with E-state index in [9.17, 15) is 9.59 Å². The lowest BCUT2D eigenvalue weighted by Crippen LogP contribution is -2.19. The summed E-state index contributed by atoms with van der Waals surface area (Å²) in [5.74, 6) is 4.80. The molecule has 5 aliphatic rings. The molecule has 0 aliphatic carbocycles. The number of fused-ring (bicyclic) bond motifs is 6. The standard InChI is InChI=1S/C17H21ClN2OSi.C15H17ClN2O3.C14H15ClN2O3.C14H13ClN2O.C12H12BrClN2O.C7H4BrClN2/c1-22(2,3)9-7-13-10-14(18)11-16-15(13)12-19-20(16)17-6-4-5-8-21-17;1-20-15(19)7-10-6-11(16)8-13-12(10)9-17-18(13)14-4-2-3-5-21-14;15-10-5-9(6-14(18)19)11-8-16-17(12(11)7-10)13-3-1-2-4-20-13;1-2-10-7-11(15)8-13-12(10)9-16-17(13)14-5-3-4-6-18-14;13-10-5-8(14)6-11-9(10)7-15-16(11)12-3-1-2-4-17-12;8-6-1-4(9)2-7-5(6)3-10-11-7/h10-12,17H,4-6,8H2,1-3H3;6,8-9,14H,2-5,7H2,1H3;5,7-8,13H,1-4,6H2,(H,18,19);1,7-9,14H,3-6H2;5-7,12H,1-4H2;1-3H,(H,10,11). The van der Waals surface area contributed by atoms with Crippen molar-refractivity contribution in [1.29, 1.82) is 0 Å². The summed E-state index contributed by atoms with van der Waals surface area (Å²) >= 11 is 43.5. The molecular weight excluding hydrogens is 1660 g/mol. The molecule has 0 radical (unpaired) electrons. The minimum atomic E-state index is -1.43. The SMILES string of the molecule is C#Cc1cc(Cl)cc2c1cnn2C1CCCCO1.COC(=O)Cc1cc(Cl)cc2c1cnn2C1CCCCO1.C[Si](C)(C)C#Cc1cc(Cl)cc2c1cnn2C1CCCCO1.Clc1cc(Br)c2cn[nH]c2c1.Clc1cc(Br)c2cnn(C3CCCCO3)c2c1.O=C(O)Cc1cc(Cl)cc2c1cnn2C1CCCCO1. The van der Waals surface area contributed by atoms with Crippen LogP contribution in [0.5, 0.6) is 0 Å². The zero-order valence-electron chi connectivity index (χ0n) is 60.6. The number of aliphatic carboxylic acids is 1. The number of nitrogens with zero attached hydrogens (tertiary/aromatic N) is 11. The van der Waals surface area contributed by atoms with Crippen LogP contribution in [0.3, 0.4) is 0 Å². The summed E-state index contributed by atoms with van der Waals surface area (Å²) in [6.45, 7) is 10.6. The van der Waals surface area contributed by atoms with E-state index < -0.39 is 14.0 Å². The molecule has 17 rings (SSSR count). The number of rotatable bonds is 9. The number of carbonyl (C=O) groups excluding carboxylic acids is 1. The van der Waals surface area contributed by atoms with Crippen LogP contribution in [0.2, 0.25) is 49.8 Å². The van der Waals surface area contributed by atoms with E-state index in [2.05, 4.69) is 105 Å². The maximum absolute atomic E-state index is 11.5. The molecule has 0 amide bonds. The summed E-state index contributed by atoms with van der Waals surface area (Å²) in [7, 11) is -0.0479. The largest absolute Gasteiger partial charge is 0.481 e. The number of aromatic nitrogens is 12. The van der Waals surface area contributed by atoms with Gasteiger partial charge in [-0.05, 0) is 212 Å². The fourth-order valence-electron chi connectivity index (χ4n) is 13.5. The molecule has 0 saturated carbocycles. The van der Waals surface area contributed by atoms with Gasteiger partial charge in [-0.2, -0.15) is 30.6 Å². The third kappa shape index (κ3) is 20.8. The molecule has 2 N–H and O–H groups in total. The van der Waals surface area contributed by atoms with Gasteiger partial charge in [0, 0.05) is 116 Å². The predicted octanol–water partition coefficient (Wildman–Crippen LogP) is 21.2. The van der Waals surface area contributed by atoms with Gasteiger partial charge in [-0.1, -0.05) is 101 Å². The number of halogens is 8. The highest BCUT2D eigenvalue weighted by molar-refractivity contribution is 9.11. The van der Waals surface area contributed by atoms with Crippen molar-refractivity contribution in [2.45, 2.75) is 160 Å². The number of terminal acetylenes is 1. The van der Waals surface area contributed by atoms with Crippen LogP contribution in [0, 0.1) is 23.8 Å². The van der Waals surface area contributed by atoms with E-state index in [4.69, 9.17) is 110 Å². The fraction of sp³-hybridized carbons (Fsp3) is 0.392. The smallest absolute Gasteiger partial charge is 0.310 e. The summed E-state index contributed by atoms with van der Waals surface area (Å²) in [5, 5.41) is 47.6. The van der Waals surface area contributed by atoms with Crippen LogP contribution in [-0.4, -0.2) is 124 Å². The molecule has 109 heavy (non-hydrogen) atoms. The van der Waals surface area contributed by atoms with Gasteiger partial charge in [0.2, 0.25) is 0 Å². The van der Waals surface area contributed by atoms with Crippen molar-refractivity contribution >= 4 is 187 Å². The molecule has 572 valence electrons. The summed E-state index contributed by atoms with van der Waals surface area (Å²) in [5.41, 5.74) is 12.3. The van der Waals surface area contributed by atoms with Crippen LogP contribution in [0.25, 0.3) is 65.4 Å². The minimum absolute atomic E-state index is 0.000316. The number of carbonyl (C=O) groups is 2. The molecule has 30 heteroatoms. The fourth-order valence-corrected chi connectivity index (χ4v) is 16.7. The molecule has 5 fully saturated rings. The lowest BCUT2D eigenvalue weighted by Gasteiger charge is -2.23. The van der Waals surface area contributed by atoms with Crippen molar-refractivity contribution in [2.75, 3.05) is 40.1 Å². The van der Waals surface area contributed by atoms with Crippen molar-refractivity contribution < 1.29 is 43.1 Å². The first-order valence-electron chi connectivity index (χ1n) is 36.2. The van der Waals surface area contributed by atoms with Crippen LogP contribution in [0.4, 0.5) is 0 Å². The predicted molar refractivity (Wildman–Crippen MR) is 440 cm³/mol. The normalized spacial score (nSPS) is 18.7. The Balaban J connectivity index is 0.000000123. The third-order valence-corrected chi connectivity index (χ3v) is 22.3. The second-order valence-electron chi connectivity index (χ2n) is 27.8. The number of nitrogens with one attached hydrogen (secondary N) is 1. The van der Waals surface area contributed by atoms with Crippen molar-refractivity contribution in [2.24, 2.45) is 0 Å². The Morgan fingerprint density at radius 2 is 0.817 bits per heavy atom. The van der Waals surface area contributed by atoms with Crippen LogP contribution in [0.1, 0.15) is 150 Å². The third-order valence-electron chi connectivity index (χ3n) is 18.8. The Labute approximate surface area is 678 Å². The molecule has 5 unspecified atom stereocenters. The lowest BCUT2D eigenvalue weighted by molar-refractivity contribution is -0.140. The highest BCUT2D eigenvalue weighted by Gasteiger charge is 2.26. The molecule has 6 aromatic heterocycles. The zero-order chi connectivity index (χ0) is 76.9. The number of aromatic amines is 1. The molecular formula is C79H82Br2Cl6N12O9Si. The van der Waals surface area contributed by atoms with E-state index in [1.807, 2.05) is 90.4 Å². The summed E-state index contributed by atoms with van der Waals surface area (Å²) in [6, 6.07) is 22.2. The quantitative estimate of drug-likeness (QED) is 0.0778. The molecule has 5 aliphatic heterocycles. The van der Waals surface area contributed by atoms with E-state index in [0.29, 0.717) is 35.7 Å². The number of carboxylic acids is 1. The van der Waals surface area contributed by atoms with E-state index in [1.165, 1.54) is 20.0 Å². The molecule has 21 nitrogen and oxygen atoms in total. The average molecular weight is 1740 g/mol.